The SMILES string of the molecule is CC(=O)N1CC[C@@H](c2ccc(O)cc2)[C@@H]1C(=O)NC1CCSC[C@@H](C(=O)O)NC(=O)C2(CCCC2)CCNC1=O. The third-order valence-electron chi connectivity index (χ3n) is 8.41. The van der Waals surface area contributed by atoms with Crippen LogP contribution in [0.3, 0.4) is 0 Å². The summed E-state index contributed by atoms with van der Waals surface area (Å²) in [6.07, 6.45) is 4.20. The van der Waals surface area contributed by atoms with Gasteiger partial charge in [0.2, 0.25) is 23.6 Å². The van der Waals surface area contributed by atoms with Crippen molar-refractivity contribution in [2.45, 2.75) is 75.9 Å². The first-order valence-electron chi connectivity index (χ1n) is 13.9. The number of likely N-dealkylation sites (tertiary alicyclic amines) is 1. The van der Waals surface area contributed by atoms with Crippen molar-refractivity contribution in [2.24, 2.45) is 5.41 Å². The highest BCUT2D eigenvalue weighted by atomic mass is 32.2. The number of benzene rings is 1. The minimum absolute atomic E-state index is 0.103. The second-order valence-electron chi connectivity index (χ2n) is 11.0. The summed E-state index contributed by atoms with van der Waals surface area (Å²) < 4.78 is 0. The Morgan fingerprint density at radius 1 is 1.07 bits per heavy atom. The van der Waals surface area contributed by atoms with Crippen molar-refractivity contribution >= 4 is 41.4 Å². The number of thioether (sulfide) groups is 1. The van der Waals surface area contributed by atoms with Crippen molar-refractivity contribution < 1.29 is 34.2 Å². The maximum Gasteiger partial charge on any atom is 0.327 e. The summed E-state index contributed by atoms with van der Waals surface area (Å²) in [5, 5.41) is 27.9. The van der Waals surface area contributed by atoms with Gasteiger partial charge in [-0.1, -0.05) is 25.0 Å². The zero-order chi connectivity index (χ0) is 28.9. The number of carbonyl (C=O) groups is 5. The van der Waals surface area contributed by atoms with Gasteiger partial charge in [-0.15, -0.1) is 0 Å². The molecule has 1 unspecified atom stereocenters. The highest BCUT2D eigenvalue weighted by molar-refractivity contribution is 7.99. The summed E-state index contributed by atoms with van der Waals surface area (Å²) in [6.45, 7) is 2.03. The number of aliphatic carboxylic acids is 1. The molecule has 2 aliphatic heterocycles. The largest absolute Gasteiger partial charge is 0.508 e. The number of carbonyl (C=O) groups excluding carboxylic acids is 4. The zero-order valence-corrected chi connectivity index (χ0v) is 23.5. The van der Waals surface area contributed by atoms with Gasteiger partial charge in [0.1, 0.15) is 23.9 Å². The molecule has 5 N–H and O–H groups in total. The minimum atomic E-state index is -1.10. The molecule has 0 bridgehead atoms. The maximum absolute atomic E-state index is 13.7. The molecule has 1 aliphatic carbocycles. The van der Waals surface area contributed by atoms with E-state index in [2.05, 4.69) is 16.0 Å². The number of amides is 4. The van der Waals surface area contributed by atoms with Gasteiger partial charge in [-0.05, 0) is 55.6 Å². The average Bonchev–Trinajstić information content (AvgIpc) is 3.58. The third-order valence-corrected chi connectivity index (χ3v) is 9.50. The molecule has 0 aromatic heterocycles. The fourth-order valence-corrected chi connectivity index (χ4v) is 7.18. The number of carboxylic acid groups (broad SMARTS) is 1. The summed E-state index contributed by atoms with van der Waals surface area (Å²) in [5.74, 6) is -2.10. The molecule has 2 heterocycles. The van der Waals surface area contributed by atoms with E-state index in [1.54, 1.807) is 24.3 Å². The van der Waals surface area contributed by atoms with Gasteiger partial charge in [-0.3, -0.25) is 19.2 Å². The molecular weight excluding hydrogens is 536 g/mol. The highest BCUT2D eigenvalue weighted by Gasteiger charge is 2.44. The van der Waals surface area contributed by atoms with Crippen molar-refractivity contribution in [2.75, 3.05) is 24.6 Å². The van der Waals surface area contributed by atoms with E-state index >= 15 is 0 Å². The van der Waals surface area contributed by atoms with Crippen LogP contribution < -0.4 is 16.0 Å². The van der Waals surface area contributed by atoms with Crippen LogP contribution in [0.5, 0.6) is 5.75 Å². The van der Waals surface area contributed by atoms with Crippen molar-refractivity contribution in [3.8, 4) is 5.75 Å². The zero-order valence-electron chi connectivity index (χ0n) is 22.7. The Morgan fingerprint density at radius 3 is 2.42 bits per heavy atom. The molecule has 1 saturated carbocycles. The monoisotopic (exact) mass is 574 g/mol. The predicted octanol–water partition coefficient (Wildman–Crippen LogP) is 1.35. The summed E-state index contributed by atoms with van der Waals surface area (Å²) in [6, 6.07) is 3.82. The first-order chi connectivity index (χ1) is 19.1. The number of rotatable bonds is 4. The number of nitrogens with zero attached hydrogens (tertiary/aromatic N) is 1. The highest BCUT2D eigenvalue weighted by Crippen LogP contribution is 2.41. The van der Waals surface area contributed by atoms with Crippen molar-refractivity contribution in [3.63, 3.8) is 0 Å². The molecule has 12 heteroatoms. The fourth-order valence-electron chi connectivity index (χ4n) is 6.15. The van der Waals surface area contributed by atoms with Crippen molar-refractivity contribution in [1.29, 1.82) is 0 Å². The number of nitrogens with one attached hydrogen (secondary N) is 3. The van der Waals surface area contributed by atoms with Crippen LogP contribution in [0.25, 0.3) is 0 Å². The fraction of sp³-hybridized carbons (Fsp3) is 0.607. The van der Waals surface area contributed by atoms with E-state index < -0.39 is 35.4 Å². The molecule has 1 aromatic rings. The number of aromatic hydroxyl groups is 1. The van der Waals surface area contributed by atoms with Crippen LogP contribution in [0.15, 0.2) is 24.3 Å². The minimum Gasteiger partial charge on any atom is -0.508 e. The second kappa shape index (κ2) is 12.9. The third kappa shape index (κ3) is 6.71. The van der Waals surface area contributed by atoms with Gasteiger partial charge in [0.15, 0.2) is 0 Å². The van der Waals surface area contributed by atoms with Crippen molar-refractivity contribution in [1.82, 2.24) is 20.9 Å². The van der Waals surface area contributed by atoms with Crippen LogP contribution in [-0.2, 0) is 24.0 Å². The second-order valence-corrected chi connectivity index (χ2v) is 12.1. The number of phenols is 1. The molecular formula is C28H38N4O7S. The van der Waals surface area contributed by atoms with E-state index in [-0.39, 0.29) is 48.1 Å². The molecule has 0 radical (unpaired) electrons. The Kier molecular flexibility index (Phi) is 9.60. The van der Waals surface area contributed by atoms with Crippen molar-refractivity contribution in [3.05, 3.63) is 29.8 Å². The Labute approximate surface area is 237 Å². The standard InChI is InChI=1S/C28H38N4O7S/c1-17(33)32-14-8-20(18-4-6-19(34)7-5-18)23(32)25(36)30-21-9-15-40-16-22(26(37)38)31-27(39)28(10-2-3-11-28)12-13-29-24(21)35/h4-7,20-23,34H,2-3,8-16H2,1H3,(H,29,35)(H,30,36)(H,31,39)(H,37,38)/t20-,21?,22-,23+/m0/s1. The van der Waals surface area contributed by atoms with E-state index in [1.807, 2.05) is 0 Å². The van der Waals surface area contributed by atoms with Crippen LogP contribution in [0.1, 0.15) is 63.4 Å². The summed E-state index contributed by atoms with van der Waals surface area (Å²) in [7, 11) is 0. The van der Waals surface area contributed by atoms with Gasteiger partial charge < -0.3 is 31.1 Å². The number of carboxylic acids is 1. The van der Waals surface area contributed by atoms with Gasteiger partial charge >= 0.3 is 5.97 Å². The molecule has 40 heavy (non-hydrogen) atoms. The molecule has 1 aromatic carbocycles. The van der Waals surface area contributed by atoms with Gasteiger partial charge in [0.05, 0.1) is 5.41 Å². The number of hydrogen-bond donors (Lipinski definition) is 5. The van der Waals surface area contributed by atoms with Crippen LogP contribution in [0.4, 0.5) is 0 Å². The summed E-state index contributed by atoms with van der Waals surface area (Å²) in [5.41, 5.74) is 0.0946. The number of phenolic OH excluding ortho intramolecular Hbond substituents is 1. The Bertz CT molecular complexity index is 1120. The van der Waals surface area contributed by atoms with E-state index in [1.165, 1.54) is 23.6 Å². The Morgan fingerprint density at radius 2 is 1.77 bits per heavy atom. The van der Waals surface area contributed by atoms with E-state index in [0.29, 0.717) is 38.0 Å². The van der Waals surface area contributed by atoms with Gasteiger partial charge in [0, 0.05) is 31.7 Å². The van der Waals surface area contributed by atoms with Crippen LogP contribution in [0.2, 0.25) is 0 Å². The van der Waals surface area contributed by atoms with E-state index in [0.717, 1.165) is 18.4 Å². The number of hydrogen-bond acceptors (Lipinski definition) is 7. The molecule has 11 nitrogen and oxygen atoms in total. The normalized spacial score (nSPS) is 27.6. The molecule has 2 saturated heterocycles. The molecule has 4 rings (SSSR count). The molecule has 4 atom stereocenters. The summed E-state index contributed by atoms with van der Waals surface area (Å²) >= 11 is 1.30. The van der Waals surface area contributed by atoms with Gasteiger partial charge in [-0.2, -0.15) is 11.8 Å². The quantitative estimate of drug-likeness (QED) is 0.360. The Hall–Kier alpha value is -3.28. The summed E-state index contributed by atoms with van der Waals surface area (Å²) in [4.78, 5) is 65.9. The first-order valence-corrected chi connectivity index (χ1v) is 15.0. The molecule has 1 spiro atoms. The molecule has 218 valence electrons. The van der Waals surface area contributed by atoms with Gasteiger partial charge in [0.25, 0.3) is 0 Å². The molecule has 3 aliphatic rings. The lowest BCUT2D eigenvalue weighted by molar-refractivity contribution is -0.143. The molecule has 3 fully saturated rings. The molecule has 4 amide bonds. The van der Waals surface area contributed by atoms with Gasteiger partial charge in [-0.25, -0.2) is 4.79 Å². The van der Waals surface area contributed by atoms with Crippen LogP contribution >= 0.6 is 11.8 Å². The van der Waals surface area contributed by atoms with E-state index in [9.17, 15) is 34.2 Å². The maximum atomic E-state index is 13.7. The smallest absolute Gasteiger partial charge is 0.327 e. The van der Waals surface area contributed by atoms with Crippen LogP contribution in [-0.4, -0.2) is 87.4 Å². The lowest BCUT2D eigenvalue weighted by Gasteiger charge is -2.30. The average molecular weight is 575 g/mol. The Balaban J connectivity index is 1.52. The van der Waals surface area contributed by atoms with E-state index in [4.69, 9.17) is 0 Å². The van der Waals surface area contributed by atoms with Crippen LogP contribution in [0, 0.1) is 5.41 Å². The predicted molar refractivity (Wildman–Crippen MR) is 149 cm³/mol. The lowest BCUT2D eigenvalue weighted by atomic mass is 9.81. The first kappa shape index (κ1) is 29.7. The lowest BCUT2D eigenvalue weighted by Crippen LogP contribution is -2.54. The topological polar surface area (TPSA) is 165 Å².